The van der Waals surface area contributed by atoms with E-state index in [1.54, 1.807) is 4.90 Å². The molecule has 0 unspecified atom stereocenters. The van der Waals surface area contributed by atoms with Crippen molar-refractivity contribution in [2.24, 2.45) is 0 Å². The average molecular weight is 394 g/mol. The summed E-state index contributed by atoms with van der Waals surface area (Å²) in [4.78, 5) is 17.9. The van der Waals surface area contributed by atoms with E-state index in [4.69, 9.17) is 0 Å². The number of nitrogens with zero attached hydrogens (tertiary/aromatic N) is 2. The van der Waals surface area contributed by atoms with Crippen LogP contribution in [0.15, 0.2) is 42.6 Å². The van der Waals surface area contributed by atoms with Crippen molar-refractivity contribution in [1.29, 1.82) is 0 Å². The van der Waals surface area contributed by atoms with E-state index in [9.17, 15) is 18.0 Å². The van der Waals surface area contributed by atoms with E-state index >= 15 is 0 Å². The normalized spacial score (nSPS) is 13.8. The quantitative estimate of drug-likeness (QED) is 0.803. The van der Waals surface area contributed by atoms with E-state index in [1.807, 2.05) is 24.3 Å². The van der Waals surface area contributed by atoms with Crippen LogP contribution in [-0.4, -0.2) is 24.0 Å². The maximum Gasteiger partial charge on any atom is 0.417 e. The Balaban J connectivity index is 0.00000156. The van der Waals surface area contributed by atoms with Crippen LogP contribution in [0.4, 0.5) is 18.9 Å². The Morgan fingerprint density at radius 3 is 2.48 bits per heavy atom. The summed E-state index contributed by atoms with van der Waals surface area (Å²) in [5.74, 6) is -0.408. The first kappa shape index (κ1) is 21.2. The number of para-hydroxylation sites is 1. The van der Waals surface area contributed by atoms with Gasteiger partial charge in [0.15, 0.2) is 0 Å². The van der Waals surface area contributed by atoms with Crippen LogP contribution in [0.25, 0.3) is 0 Å². The van der Waals surface area contributed by atoms with Crippen molar-refractivity contribution in [3.63, 3.8) is 0 Å². The van der Waals surface area contributed by atoms with Gasteiger partial charge in [-0.05, 0) is 23.8 Å². The van der Waals surface area contributed by atoms with E-state index in [1.165, 1.54) is 0 Å². The van der Waals surface area contributed by atoms with Gasteiger partial charge < -0.3 is 10.2 Å². The smallest absolute Gasteiger partial charge is 0.311 e. The molecule has 0 saturated carbocycles. The summed E-state index contributed by atoms with van der Waals surface area (Å²) in [7, 11) is 0. The maximum atomic E-state index is 12.6. The molecule has 3 rings (SSSR count). The number of carbonyl (C=O) groups is 1. The molecule has 1 aliphatic rings. The number of hydrogen-bond acceptors (Lipinski definition) is 3. The molecule has 1 aliphatic heterocycles. The molecule has 25 heavy (non-hydrogen) atoms. The molecular weight excluding hydrogens is 378 g/mol. The highest BCUT2D eigenvalue weighted by molar-refractivity contribution is 6.05. The summed E-state index contributed by atoms with van der Waals surface area (Å²) in [5, 5.41) is 3.21. The summed E-state index contributed by atoms with van der Waals surface area (Å²) in [6.07, 6.45) is -3.77. The largest absolute Gasteiger partial charge is 0.417 e. The zero-order chi connectivity index (χ0) is 16.4. The van der Waals surface area contributed by atoms with Gasteiger partial charge in [0.2, 0.25) is 0 Å². The number of aromatic nitrogens is 1. The van der Waals surface area contributed by atoms with Crippen LogP contribution in [0.3, 0.4) is 0 Å². The second-order valence-electron chi connectivity index (χ2n) is 5.19. The number of fused-ring (bicyclic) bond motifs is 1. The van der Waals surface area contributed by atoms with Gasteiger partial charge in [-0.15, -0.1) is 24.8 Å². The van der Waals surface area contributed by atoms with E-state index in [0.29, 0.717) is 25.8 Å². The molecule has 0 bridgehead atoms. The molecule has 0 fully saturated rings. The molecule has 1 N–H and O–H groups in total. The van der Waals surface area contributed by atoms with Crippen LogP contribution < -0.4 is 10.2 Å². The van der Waals surface area contributed by atoms with Gasteiger partial charge in [0.05, 0.1) is 5.56 Å². The van der Waals surface area contributed by atoms with Crippen LogP contribution in [0.5, 0.6) is 0 Å². The molecule has 1 aromatic carbocycles. The van der Waals surface area contributed by atoms with Crippen LogP contribution >= 0.6 is 24.8 Å². The van der Waals surface area contributed by atoms with E-state index in [2.05, 4.69) is 10.3 Å². The second kappa shape index (κ2) is 8.51. The molecule has 0 saturated heterocycles. The third-order valence-corrected chi connectivity index (χ3v) is 3.67. The van der Waals surface area contributed by atoms with Crippen molar-refractivity contribution in [2.75, 3.05) is 18.0 Å². The summed E-state index contributed by atoms with van der Waals surface area (Å²) in [5.41, 5.74) is 0.844. The first-order valence-electron chi connectivity index (χ1n) is 7.10. The molecule has 0 radical (unpaired) electrons. The van der Waals surface area contributed by atoms with Crippen molar-refractivity contribution in [2.45, 2.75) is 12.7 Å². The van der Waals surface area contributed by atoms with Crippen molar-refractivity contribution in [3.8, 4) is 0 Å². The van der Waals surface area contributed by atoms with Gasteiger partial charge in [-0.1, -0.05) is 18.2 Å². The maximum absolute atomic E-state index is 12.6. The summed E-state index contributed by atoms with van der Waals surface area (Å²) in [6, 6.07) is 9.43. The minimum absolute atomic E-state index is 0. The summed E-state index contributed by atoms with van der Waals surface area (Å²) < 4.78 is 37.7. The zero-order valence-corrected chi connectivity index (χ0v) is 14.5. The number of hydrogen-bond donors (Lipinski definition) is 1. The molecule has 1 amide bonds. The Hall–Kier alpha value is -1.83. The van der Waals surface area contributed by atoms with Crippen molar-refractivity contribution < 1.29 is 18.0 Å². The van der Waals surface area contributed by atoms with E-state index < -0.39 is 17.6 Å². The fourth-order valence-electron chi connectivity index (χ4n) is 2.50. The molecule has 1 aromatic heterocycles. The molecule has 9 heteroatoms. The molecule has 0 spiro atoms. The molecule has 2 aromatic rings. The lowest BCUT2D eigenvalue weighted by Gasteiger charge is -2.22. The number of rotatable bonds is 1. The Morgan fingerprint density at radius 1 is 1.12 bits per heavy atom. The Labute approximate surface area is 155 Å². The Bertz CT molecular complexity index is 723. The van der Waals surface area contributed by atoms with Crippen LogP contribution in [0, 0.1) is 0 Å². The van der Waals surface area contributed by atoms with Gasteiger partial charge in [-0.2, -0.15) is 13.2 Å². The SMILES string of the molecule is Cl.Cl.O=C(c1ccc(C(F)(F)F)cn1)N1CCNCc2ccccc21. The fourth-order valence-corrected chi connectivity index (χ4v) is 2.50. The number of nitrogens with one attached hydrogen (secondary N) is 1. The third-order valence-electron chi connectivity index (χ3n) is 3.67. The van der Waals surface area contributed by atoms with Gasteiger partial charge in [0.25, 0.3) is 5.91 Å². The van der Waals surface area contributed by atoms with E-state index in [0.717, 1.165) is 23.4 Å². The lowest BCUT2D eigenvalue weighted by atomic mass is 10.1. The number of alkyl halides is 3. The van der Waals surface area contributed by atoms with Gasteiger partial charge in [0, 0.05) is 31.5 Å². The number of amides is 1. The number of benzene rings is 1. The fraction of sp³-hybridized carbons (Fsp3) is 0.250. The monoisotopic (exact) mass is 393 g/mol. The highest BCUT2D eigenvalue weighted by Gasteiger charge is 2.31. The number of anilines is 1. The number of pyridine rings is 1. The van der Waals surface area contributed by atoms with Gasteiger partial charge in [-0.25, -0.2) is 0 Å². The molecule has 2 heterocycles. The van der Waals surface area contributed by atoms with Gasteiger partial charge >= 0.3 is 6.18 Å². The number of halogens is 5. The van der Waals surface area contributed by atoms with Crippen molar-refractivity contribution >= 4 is 36.4 Å². The molecule has 0 atom stereocenters. The van der Waals surface area contributed by atoms with Gasteiger partial charge in [0.1, 0.15) is 5.69 Å². The lowest BCUT2D eigenvalue weighted by molar-refractivity contribution is -0.137. The van der Waals surface area contributed by atoms with Crippen LogP contribution in [0.1, 0.15) is 21.6 Å². The average Bonchev–Trinajstić information content (AvgIpc) is 2.76. The first-order valence-corrected chi connectivity index (χ1v) is 7.10. The predicted molar refractivity (Wildman–Crippen MR) is 93.6 cm³/mol. The standard InChI is InChI=1S/C16H14F3N3O.2ClH/c17-16(18,19)12-5-6-13(21-10-12)15(23)22-8-7-20-9-11-3-1-2-4-14(11)22;;/h1-6,10,20H,7-9H2;2*1H. The predicted octanol–water partition coefficient (Wildman–Crippen LogP) is 3.69. The summed E-state index contributed by atoms with van der Waals surface area (Å²) in [6.45, 7) is 1.67. The molecular formula is C16H16Cl2F3N3O. The molecule has 4 nitrogen and oxygen atoms in total. The first-order chi connectivity index (χ1) is 11.0. The van der Waals surface area contributed by atoms with Crippen molar-refractivity contribution in [1.82, 2.24) is 10.3 Å². The van der Waals surface area contributed by atoms with Crippen LogP contribution in [0.2, 0.25) is 0 Å². The number of carbonyl (C=O) groups excluding carboxylic acids is 1. The minimum Gasteiger partial charge on any atom is -0.311 e. The molecule has 0 aliphatic carbocycles. The zero-order valence-electron chi connectivity index (χ0n) is 12.9. The third kappa shape index (κ3) is 4.62. The van der Waals surface area contributed by atoms with Crippen molar-refractivity contribution in [3.05, 3.63) is 59.4 Å². The topological polar surface area (TPSA) is 45.2 Å². The summed E-state index contributed by atoms with van der Waals surface area (Å²) >= 11 is 0. The minimum atomic E-state index is -4.46. The van der Waals surface area contributed by atoms with Gasteiger partial charge in [-0.3, -0.25) is 9.78 Å². The highest BCUT2D eigenvalue weighted by atomic mass is 35.5. The highest BCUT2D eigenvalue weighted by Crippen LogP contribution is 2.29. The Kier molecular flexibility index (Phi) is 7.22. The van der Waals surface area contributed by atoms with Crippen LogP contribution in [-0.2, 0) is 12.7 Å². The Morgan fingerprint density at radius 2 is 1.84 bits per heavy atom. The van der Waals surface area contributed by atoms with E-state index in [-0.39, 0.29) is 30.5 Å². The second-order valence-corrected chi connectivity index (χ2v) is 5.19. The molecule has 136 valence electrons. The lowest BCUT2D eigenvalue weighted by Crippen LogP contribution is -2.35.